The Morgan fingerprint density at radius 3 is 2.61 bits per heavy atom. The second-order valence-electron chi connectivity index (χ2n) is 8.61. The summed E-state index contributed by atoms with van der Waals surface area (Å²) in [5.74, 6) is 1.91. The summed E-state index contributed by atoms with van der Waals surface area (Å²) in [6.45, 7) is 11.7. The van der Waals surface area contributed by atoms with Crippen LogP contribution in [0, 0.1) is 0 Å². The summed E-state index contributed by atoms with van der Waals surface area (Å²) in [5.41, 5.74) is 2.19. The standard InChI is InChI=1S/C23H35N7O2.HI/c1-5-24-23(29-8-9-31-21(16-29)20-12-27-28(4)15-20)26-11-19-6-7-22(25-10-19)30-13-17(2)32-18(3)14-30;/h6-7,10,12,15,17-18,21H,5,8-9,11,13-14,16H2,1-4H3,(H,24,26);1H. The lowest BCUT2D eigenvalue weighted by molar-refractivity contribution is -0.00805. The zero-order valence-electron chi connectivity index (χ0n) is 20.0. The Kier molecular flexibility index (Phi) is 9.33. The molecule has 4 rings (SSSR count). The maximum absolute atomic E-state index is 5.98. The molecule has 2 aliphatic heterocycles. The van der Waals surface area contributed by atoms with Gasteiger partial charge in [-0.15, -0.1) is 24.0 Å². The van der Waals surface area contributed by atoms with Gasteiger partial charge in [-0.1, -0.05) is 6.07 Å². The third kappa shape index (κ3) is 6.80. The zero-order chi connectivity index (χ0) is 22.5. The number of guanidine groups is 1. The highest BCUT2D eigenvalue weighted by atomic mass is 127. The number of rotatable bonds is 5. The van der Waals surface area contributed by atoms with E-state index in [1.807, 2.05) is 30.3 Å². The minimum atomic E-state index is 0. The molecule has 1 N–H and O–H groups in total. The van der Waals surface area contributed by atoms with Crippen LogP contribution in [-0.4, -0.2) is 77.2 Å². The average molecular weight is 569 g/mol. The number of morpholine rings is 2. The number of pyridine rings is 1. The molecule has 2 aliphatic rings. The number of aromatic nitrogens is 3. The highest BCUT2D eigenvalue weighted by molar-refractivity contribution is 14.0. The van der Waals surface area contributed by atoms with Gasteiger partial charge in [-0.3, -0.25) is 4.68 Å². The van der Waals surface area contributed by atoms with E-state index in [1.165, 1.54) is 0 Å². The van der Waals surface area contributed by atoms with Gasteiger partial charge in [0.1, 0.15) is 11.9 Å². The van der Waals surface area contributed by atoms with Gasteiger partial charge in [-0.05, 0) is 32.4 Å². The molecule has 3 unspecified atom stereocenters. The van der Waals surface area contributed by atoms with Gasteiger partial charge in [0, 0.05) is 51.2 Å². The van der Waals surface area contributed by atoms with Gasteiger partial charge in [0.2, 0.25) is 0 Å². The minimum Gasteiger partial charge on any atom is -0.372 e. The molecule has 2 aromatic rings. The Morgan fingerprint density at radius 2 is 1.97 bits per heavy atom. The van der Waals surface area contributed by atoms with E-state index in [1.54, 1.807) is 0 Å². The molecule has 4 heterocycles. The molecular formula is C23H36IN7O2. The average Bonchev–Trinajstić information content (AvgIpc) is 3.23. The second-order valence-corrected chi connectivity index (χ2v) is 8.61. The van der Waals surface area contributed by atoms with E-state index in [-0.39, 0.29) is 42.3 Å². The fourth-order valence-electron chi connectivity index (χ4n) is 4.30. The number of halogens is 1. The van der Waals surface area contributed by atoms with Crippen molar-refractivity contribution in [3.05, 3.63) is 41.9 Å². The van der Waals surface area contributed by atoms with E-state index in [4.69, 9.17) is 19.5 Å². The van der Waals surface area contributed by atoms with Crippen LogP contribution in [0.2, 0.25) is 0 Å². The fraction of sp³-hybridized carbons (Fsp3) is 0.609. The van der Waals surface area contributed by atoms with Gasteiger partial charge < -0.3 is 24.6 Å². The molecule has 0 spiro atoms. The molecule has 2 saturated heterocycles. The van der Waals surface area contributed by atoms with Gasteiger partial charge in [0.15, 0.2) is 5.96 Å². The molecule has 2 fully saturated rings. The smallest absolute Gasteiger partial charge is 0.194 e. The molecule has 0 saturated carbocycles. The molecule has 10 heteroatoms. The molecule has 0 aliphatic carbocycles. The molecule has 9 nitrogen and oxygen atoms in total. The normalized spacial score (nSPS) is 23.9. The van der Waals surface area contributed by atoms with Crippen molar-refractivity contribution in [1.82, 2.24) is 25.0 Å². The Labute approximate surface area is 213 Å². The maximum Gasteiger partial charge on any atom is 0.194 e. The van der Waals surface area contributed by atoms with Crippen LogP contribution >= 0.6 is 24.0 Å². The summed E-state index contributed by atoms with van der Waals surface area (Å²) < 4.78 is 13.6. The van der Waals surface area contributed by atoms with Crippen LogP contribution in [0.3, 0.4) is 0 Å². The number of anilines is 1. The lowest BCUT2D eigenvalue weighted by Crippen LogP contribution is -2.48. The topological polar surface area (TPSA) is 80.0 Å². The molecule has 0 radical (unpaired) electrons. The van der Waals surface area contributed by atoms with Crippen molar-refractivity contribution in [2.75, 3.05) is 44.2 Å². The third-order valence-electron chi connectivity index (χ3n) is 5.76. The van der Waals surface area contributed by atoms with Crippen molar-refractivity contribution in [2.24, 2.45) is 12.0 Å². The first kappa shape index (κ1) is 25.7. The van der Waals surface area contributed by atoms with Crippen LogP contribution in [0.1, 0.15) is 38.0 Å². The Hall–Kier alpha value is -1.92. The van der Waals surface area contributed by atoms with Crippen LogP contribution in [0.5, 0.6) is 0 Å². The molecule has 2 aromatic heterocycles. The van der Waals surface area contributed by atoms with Crippen LogP contribution in [0.25, 0.3) is 0 Å². The van der Waals surface area contributed by atoms with E-state index in [0.29, 0.717) is 13.2 Å². The monoisotopic (exact) mass is 569 g/mol. The summed E-state index contributed by atoms with van der Waals surface area (Å²) in [6.07, 6.45) is 6.27. The number of nitrogens with one attached hydrogen (secondary N) is 1. The summed E-state index contributed by atoms with van der Waals surface area (Å²) in [5, 5.41) is 7.71. The summed E-state index contributed by atoms with van der Waals surface area (Å²) in [6, 6.07) is 4.22. The van der Waals surface area contributed by atoms with Gasteiger partial charge >= 0.3 is 0 Å². The number of hydrogen-bond donors (Lipinski definition) is 1. The van der Waals surface area contributed by atoms with Crippen molar-refractivity contribution in [2.45, 2.75) is 45.6 Å². The van der Waals surface area contributed by atoms with Crippen molar-refractivity contribution in [3.63, 3.8) is 0 Å². The largest absolute Gasteiger partial charge is 0.372 e. The molecule has 0 bridgehead atoms. The first-order chi connectivity index (χ1) is 15.5. The van der Waals surface area contributed by atoms with Crippen LogP contribution in [0.15, 0.2) is 35.7 Å². The van der Waals surface area contributed by atoms with E-state index >= 15 is 0 Å². The minimum absolute atomic E-state index is 0. The quantitative estimate of drug-likeness (QED) is 0.337. The Morgan fingerprint density at radius 1 is 1.18 bits per heavy atom. The van der Waals surface area contributed by atoms with Crippen LogP contribution in [0.4, 0.5) is 5.82 Å². The van der Waals surface area contributed by atoms with Gasteiger partial charge in [0.05, 0.1) is 38.1 Å². The van der Waals surface area contributed by atoms with E-state index in [9.17, 15) is 0 Å². The van der Waals surface area contributed by atoms with E-state index < -0.39 is 0 Å². The van der Waals surface area contributed by atoms with Crippen molar-refractivity contribution in [3.8, 4) is 0 Å². The lowest BCUT2D eigenvalue weighted by atomic mass is 10.1. The highest BCUT2D eigenvalue weighted by Crippen LogP contribution is 2.22. The Balaban J connectivity index is 0.00000306. The molecule has 33 heavy (non-hydrogen) atoms. The molecule has 3 atom stereocenters. The number of hydrogen-bond acceptors (Lipinski definition) is 6. The van der Waals surface area contributed by atoms with E-state index in [2.05, 4.69) is 53.1 Å². The predicted octanol–water partition coefficient (Wildman–Crippen LogP) is 2.59. The molecule has 0 amide bonds. The van der Waals surface area contributed by atoms with Crippen LogP contribution in [-0.2, 0) is 23.1 Å². The first-order valence-electron chi connectivity index (χ1n) is 11.5. The lowest BCUT2D eigenvalue weighted by Gasteiger charge is -2.36. The van der Waals surface area contributed by atoms with Crippen molar-refractivity contribution < 1.29 is 9.47 Å². The number of aryl methyl sites for hydroxylation is 1. The second kappa shape index (κ2) is 12.0. The Bertz CT molecular complexity index is 894. The molecule has 182 valence electrons. The van der Waals surface area contributed by atoms with Gasteiger partial charge in [0.25, 0.3) is 0 Å². The van der Waals surface area contributed by atoms with Crippen molar-refractivity contribution in [1.29, 1.82) is 0 Å². The number of nitrogens with zero attached hydrogens (tertiary/aromatic N) is 6. The van der Waals surface area contributed by atoms with Crippen LogP contribution < -0.4 is 10.2 Å². The van der Waals surface area contributed by atoms with Gasteiger partial charge in [-0.2, -0.15) is 5.10 Å². The maximum atomic E-state index is 5.98. The van der Waals surface area contributed by atoms with Crippen molar-refractivity contribution >= 4 is 35.8 Å². The summed E-state index contributed by atoms with van der Waals surface area (Å²) in [7, 11) is 1.93. The summed E-state index contributed by atoms with van der Waals surface area (Å²) >= 11 is 0. The molecule has 0 aromatic carbocycles. The SMILES string of the molecule is CCNC(=NCc1ccc(N2CC(C)OC(C)C2)nc1)N1CCOC(c2cnn(C)c2)C1.I. The third-order valence-corrected chi connectivity index (χ3v) is 5.76. The predicted molar refractivity (Wildman–Crippen MR) is 140 cm³/mol. The highest BCUT2D eigenvalue weighted by Gasteiger charge is 2.25. The zero-order valence-corrected chi connectivity index (χ0v) is 22.3. The molecular weight excluding hydrogens is 533 g/mol. The number of aliphatic imine (C=N–C) groups is 1. The first-order valence-corrected chi connectivity index (χ1v) is 11.5. The summed E-state index contributed by atoms with van der Waals surface area (Å²) in [4.78, 5) is 14.1. The van der Waals surface area contributed by atoms with Gasteiger partial charge in [-0.25, -0.2) is 9.98 Å². The fourth-order valence-corrected chi connectivity index (χ4v) is 4.30. The number of ether oxygens (including phenoxy) is 2. The van der Waals surface area contributed by atoms with E-state index in [0.717, 1.165) is 55.6 Å².